The van der Waals surface area contributed by atoms with Gasteiger partial charge in [-0.3, -0.25) is 9.88 Å². The smallest absolute Gasteiger partial charge is 0.176 e. The lowest BCUT2D eigenvalue weighted by Crippen LogP contribution is -2.42. The van der Waals surface area contributed by atoms with Crippen LogP contribution in [0.5, 0.6) is 0 Å². The maximum absolute atomic E-state index is 13.3. The topological polar surface area (TPSA) is 37.7 Å². The molecule has 0 N–H and O–H groups in total. The summed E-state index contributed by atoms with van der Waals surface area (Å²) in [6.45, 7) is 8.38. The van der Waals surface area contributed by atoms with Crippen molar-refractivity contribution in [3.63, 3.8) is 0 Å². The normalized spacial score (nSPS) is 21.2. The van der Waals surface area contributed by atoms with Gasteiger partial charge in [-0.15, -0.1) is 11.3 Å². The second kappa shape index (κ2) is 8.07. The minimum atomic E-state index is -0.120. The van der Waals surface area contributed by atoms with Crippen LogP contribution in [0.2, 0.25) is 0 Å². The van der Waals surface area contributed by atoms with E-state index in [1.165, 1.54) is 16.9 Å². The molecule has 1 aliphatic heterocycles. The van der Waals surface area contributed by atoms with Gasteiger partial charge in [0.2, 0.25) is 0 Å². The molecule has 1 atom stereocenters. The third-order valence-electron chi connectivity index (χ3n) is 5.72. The van der Waals surface area contributed by atoms with Gasteiger partial charge in [-0.1, -0.05) is 11.2 Å². The van der Waals surface area contributed by atoms with Crippen LogP contribution >= 0.6 is 11.3 Å². The molecular formula is C21H28FN3OS. The predicted molar refractivity (Wildman–Crippen MR) is 109 cm³/mol. The van der Waals surface area contributed by atoms with Gasteiger partial charge in [-0.05, 0) is 70.3 Å². The van der Waals surface area contributed by atoms with E-state index in [1.54, 1.807) is 13.2 Å². The molecule has 0 bridgehead atoms. The van der Waals surface area contributed by atoms with Gasteiger partial charge in [0.15, 0.2) is 5.13 Å². The molecule has 146 valence electrons. The van der Waals surface area contributed by atoms with E-state index >= 15 is 0 Å². The maximum Gasteiger partial charge on any atom is 0.176 e. The van der Waals surface area contributed by atoms with Gasteiger partial charge in [0.1, 0.15) is 7.11 Å². The van der Waals surface area contributed by atoms with Crippen LogP contribution in [0.15, 0.2) is 35.6 Å². The average Bonchev–Trinajstić information content (AvgIpc) is 3.26. The highest BCUT2D eigenvalue weighted by molar-refractivity contribution is 7.10. The number of halogens is 1. The monoisotopic (exact) mass is 389 g/mol. The van der Waals surface area contributed by atoms with Crippen molar-refractivity contribution < 1.29 is 9.23 Å². The Hall–Kier alpha value is -1.79. The van der Waals surface area contributed by atoms with Gasteiger partial charge in [0.25, 0.3) is 0 Å². The van der Waals surface area contributed by atoms with E-state index in [9.17, 15) is 4.39 Å². The van der Waals surface area contributed by atoms with E-state index in [2.05, 4.69) is 41.0 Å². The largest absolute Gasteiger partial charge is 0.399 e. The second-order valence-corrected chi connectivity index (χ2v) is 9.02. The molecule has 1 fully saturated rings. The van der Waals surface area contributed by atoms with E-state index in [1.807, 2.05) is 25.4 Å². The third kappa shape index (κ3) is 4.55. The minimum absolute atomic E-state index is 0.0636. The van der Waals surface area contributed by atoms with Crippen molar-refractivity contribution in [2.75, 3.05) is 20.2 Å². The number of likely N-dealkylation sites (tertiary alicyclic amines) is 1. The molecule has 0 radical (unpaired) electrons. The number of rotatable bonds is 7. The van der Waals surface area contributed by atoms with Crippen LogP contribution in [0.3, 0.4) is 0 Å². The molecule has 1 aliphatic rings. The fraction of sp³-hybridized carbons (Fsp3) is 0.524. The van der Waals surface area contributed by atoms with Crippen LogP contribution in [-0.4, -0.2) is 36.3 Å². The van der Waals surface area contributed by atoms with E-state index in [-0.39, 0.29) is 16.1 Å². The molecule has 0 spiro atoms. The molecule has 6 heteroatoms. The van der Waals surface area contributed by atoms with Crippen LogP contribution < -0.4 is 0 Å². The van der Waals surface area contributed by atoms with Crippen molar-refractivity contribution in [3.05, 3.63) is 51.7 Å². The first-order chi connectivity index (χ1) is 12.8. The number of thiophene rings is 1. The van der Waals surface area contributed by atoms with Gasteiger partial charge in [-0.25, -0.2) is 0 Å². The van der Waals surface area contributed by atoms with Crippen LogP contribution in [-0.2, 0) is 16.8 Å². The summed E-state index contributed by atoms with van der Waals surface area (Å²) in [6, 6.07) is 7.66. The zero-order chi connectivity index (χ0) is 19.5. The molecule has 2 aromatic heterocycles. The standard InChI is InChI=1S/C21H28FN3OS/c1-16-5-6-17(13-23-16)20(2,3)25-12-11-21(15-25,14-24-26-4)10-9-18-7-8-19(22)27-18/h5-8,13-14H,9-12,15H2,1-4H3/b24-14+/t21-/m0/s1. The summed E-state index contributed by atoms with van der Waals surface area (Å²) in [5.74, 6) is 0. The van der Waals surface area contributed by atoms with Gasteiger partial charge in [0, 0.05) is 34.3 Å². The molecule has 0 amide bonds. The number of aryl methyl sites for hydroxylation is 2. The molecular weight excluding hydrogens is 361 g/mol. The number of aromatic nitrogens is 1. The SMILES string of the molecule is CO/N=C/[C@]1(CCc2ccc(F)s2)CCN(C(C)(C)c2ccc(C)nc2)C1. The number of nitrogens with zero attached hydrogens (tertiary/aromatic N) is 3. The summed E-state index contributed by atoms with van der Waals surface area (Å²) in [6.07, 6.45) is 6.73. The zero-order valence-electron chi connectivity index (χ0n) is 16.5. The lowest BCUT2D eigenvalue weighted by atomic mass is 9.83. The van der Waals surface area contributed by atoms with Gasteiger partial charge in [0.05, 0.1) is 6.21 Å². The van der Waals surface area contributed by atoms with E-state index < -0.39 is 0 Å². The lowest BCUT2D eigenvalue weighted by Gasteiger charge is -2.37. The zero-order valence-corrected chi connectivity index (χ0v) is 17.4. The molecule has 2 aromatic rings. The van der Waals surface area contributed by atoms with Gasteiger partial charge in [-0.2, -0.15) is 4.39 Å². The summed E-state index contributed by atoms with van der Waals surface area (Å²) in [5, 5.41) is 3.99. The molecule has 0 aliphatic carbocycles. The quantitative estimate of drug-likeness (QED) is 0.505. The Morgan fingerprint density at radius 1 is 1.37 bits per heavy atom. The molecule has 3 heterocycles. The van der Waals surface area contributed by atoms with E-state index in [4.69, 9.17) is 4.84 Å². The highest BCUT2D eigenvalue weighted by Crippen LogP contribution is 2.40. The molecule has 27 heavy (non-hydrogen) atoms. The molecule has 4 nitrogen and oxygen atoms in total. The fourth-order valence-electron chi connectivity index (χ4n) is 3.78. The Kier molecular flexibility index (Phi) is 5.96. The van der Waals surface area contributed by atoms with Crippen LogP contribution in [0.4, 0.5) is 4.39 Å². The molecule has 0 aromatic carbocycles. The fourth-order valence-corrected chi connectivity index (χ4v) is 4.51. The van der Waals surface area contributed by atoms with Crippen molar-refractivity contribution in [2.24, 2.45) is 10.6 Å². The Morgan fingerprint density at radius 3 is 2.81 bits per heavy atom. The summed E-state index contributed by atoms with van der Waals surface area (Å²) in [4.78, 5) is 13.0. The predicted octanol–water partition coefficient (Wildman–Crippen LogP) is 4.78. The number of pyridine rings is 1. The first-order valence-electron chi connectivity index (χ1n) is 9.35. The Labute approximate surface area is 165 Å². The maximum atomic E-state index is 13.3. The van der Waals surface area contributed by atoms with Gasteiger partial charge < -0.3 is 4.84 Å². The van der Waals surface area contributed by atoms with Crippen LogP contribution in [0.1, 0.15) is 42.8 Å². The summed E-state index contributed by atoms with van der Waals surface area (Å²) in [5.41, 5.74) is 2.07. The van der Waals surface area contributed by atoms with Crippen molar-refractivity contribution in [3.8, 4) is 0 Å². The molecule has 3 rings (SSSR count). The van der Waals surface area contributed by atoms with Crippen LogP contribution in [0, 0.1) is 17.5 Å². The number of hydrogen-bond acceptors (Lipinski definition) is 5. The Bertz CT molecular complexity index is 787. The minimum Gasteiger partial charge on any atom is -0.399 e. The Balaban J connectivity index is 1.76. The van der Waals surface area contributed by atoms with Crippen molar-refractivity contribution in [1.82, 2.24) is 9.88 Å². The first kappa shape index (κ1) is 20.0. The average molecular weight is 390 g/mol. The molecule has 0 unspecified atom stereocenters. The van der Waals surface area contributed by atoms with Crippen LogP contribution in [0.25, 0.3) is 0 Å². The second-order valence-electron chi connectivity index (χ2n) is 7.90. The number of oxime groups is 1. The summed E-state index contributed by atoms with van der Waals surface area (Å²) < 4.78 is 13.3. The first-order valence-corrected chi connectivity index (χ1v) is 10.2. The Morgan fingerprint density at radius 2 is 2.19 bits per heavy atom. The summed E-state index contributed by atoms with van der Waals surface area (Å²) in [7, 11) is 1.58. The molecule has 1 saturated heterocycles. The number of hydrogen-bond donors (Lipinski definition) is 0. The highest BCUT2D eigenvalue weighted by atomic mass is 32.1. The van der Waals surface area contributed by atoms with Crippen molar-refractivity contribution in [2.45, 2.75) is 45.6 Å². The van der Waals surface area contributed by atoms with Crippen molar-refractivity contribution in [1.29, 1.82) is 0 Å². The van der Waals surface area contributed by atoms with Gasteiger partial charge >= 0.3 is 0 Å². The van der Waals surface area contributed by atoms with Crippen molar-refractivity contribution >= 4 is 17.6 Å². The van der Waals surface area contributed by atoms with E-state index in [0.717, 1.165) is 42.9 Å². The third-order valence-corrected chi connectivity index (χ3v) is 6.66. The highest BCUT2D eigenvalue weighted by Gasteiger charge is 2.43. The van der Waals surface area contributed by atoms with E-state index in [0.29, 0.717) is 0 Å². The lowest BCUT2D eigenvalue weighted by molar-refractivity contribution is 0.141. The summed E-state index contributed by atoms with van der Waals surface area (Å²) >= 11 is 1.23. The molecule has 0 saturated carbocycles.